The molecule has 0 radical (unpaired) electrons. The molecule has 1 aromatic heterocycles. The molecule has 0 N–H and O–H groups in total. The minimum Gasteiger partial charge on any atom is -0.478 e. The number of likely N-dealkylation sites (tertiary alicyclic amines) is 1. The van der Waals surface area contributed by atoms with Gasteiger partial charge in [-0.25, -0.2) is 4.39 Å². The highest BCUT2D eigenvalue weighted by molar-refractivity contribution is 5.85. The Kier molecular flexibility index (Phi) is 4.26. The third-order valence-corrected chi connectivity index (χ3v) is 4.04. The summed E-state index contributed by atoms with van der Waals surface area (Å²) < 4.78 is 24.0. The highest BCUT2D eigenvalue weighted by Crippen LogP contribution is 2.33. The summed E-state index contributed by atoms with van der Waals surface area (Å²) in [6, 6.07) is 5.39. The van der Waals surface area contributed by atoms with Crippen LogP contribution < -0.4 is 4.74 Å². The fourth-order valence-corrected chi connectivity index (χ4v) is 2.90. The summed E-state index contributed by atoms with van der Waals surface area (Å²) in [7, 11) is 0. The lowest BCUT2D eigenvalue weighted by Gasteiger charge is -2.32. The third kappa shape index (κ3) is 3.25. The van der Waals surface area contributed by atoms with Gasteiger partial charge in [0.15, 0.2) is 11.4 Å². The van der Waals surface area contributed by atoms with Gasteiger partial charge in [0.1, 0.15) is 17.6 Å². The Morgan fingerprint density at radius 3 is 2.71 bits per heavy atom. The molecule has 0 spiro atoms. The van der Waals surface area contributed by atoms with E-state index in [1.54, 1.807) is 25.7 Å². The van der Waals surface area contributed by atoms with Crippen molar-refractivity contribution < 1.29 is 18.4 Å². The van der Waals surface area contributed by atoms with Gasteiger partial charge in [-0.05, 0) is 57.9 Å². The smallest absolute Gasteiger partial charge is 0.266 e. The predicted molar refractivity (Wildman–Crippen MR) is 83.8 cm³/mol. The van der Waals surface area contributed by atoms with Crippen molar-refractivity contribution in [2.24, 2.45) is 0 Å². The SMILES string of the molecule is Cc1noc([C@@H]2CCCN2C(=O)C(C)(C)Oc2ccc(F)cc2)n1. The molecule has 128 valence electrons. The number of ether oxygens (including phenoxy) is 1. The summed E-state index contributed by atoms with van der Waals surface area (Å²) >= 11 is 0. The summed E-state index contributed by atoms with van der Waals surface area (Å²) in [4.78, 5) is 18.9. The molecule has 0 bridgehead atoms. The first-order chi connectivity index (χ1) is 11.4. The lowest BCUT2D eigenvalue weighted by atomic mass is 10.1. The Bertz CT molecular complexity index is 727. The first-order valence-electron chi connectivity index (χ1n) is 7.93. The van der Waals surface area contributed by atoms with Crippen LogP contribution in [-0.4, -0.2) is 33.1 Å². The summed E-state index contributed by atoms with van der Waals surface area (Å²) in [5.41, 5.74) is -1.09. The minimum atomic E-state index is -1.09. The summed E-state index contributed by atoms with van der Waals surface area (Å²) in [6.07, 6.45) is 1.64. The number of rotatable bonds is 4. The molecule has 1 aromatic carbocycles. The number of aryl methyl sites for hydroxylation is 1. The molecule has 3 rings (SSSR count). The molecule has 2 aromatic rings. The van der Waals surface area contributed by atoms with Crippen LogP contribution in [0, 0.1) is 12.7 Å². The molecule has 0 unspecified atom stereocenters. The van der Waals surface area contributed by atoms with Gasteiger partial charge in [0.05, 0.1) is 0 Å². The zero-order chi connectivity index (χ0) is 17.3. The van der Waals surface area contributed by atoms with Crippen LogP contribution in [0.3, 0.4) is 0 Å². The van der Waals surface area contributed by atoms with Crippen molar-refractivity contribution in [3.63, 3.8) is 0 Å². The lowest BCUT2D eigenvalue weighted by Crippen LogP contribution is -2.48. The van der Waals surface area contributed by atoms with Crippen molar-refractivity contribution in [2.75, 3.05) is 6.54 Å². The average molecular weight is 333 g/mol. The highest BCUT2D eigenvalue weighted by Gasteiger charge is 2.41. The molecule has 24 heavy (non-hydrogen) atoms. The lowest BCUT2D eigenvalue weighted by molar-refractivity contribution is -0.147. The van der Waals surface area contributed by atoms with Gasteiger partial charge < -0.3 is 14.2 Å². The van der Waals surface area contributed by atoms with E-state index < -0.39 is 5.60 Å². The van der Waals surface area contributed by atoms with Gasteiger partial charge in [0.25, 0.3) is 5.91 Å². The maximum Gasteiger partial charge on any atom is 0.266 e. The average Bonchev–Trinajstić information content (AvgIpc) is 3.17. The largest absolute Gasteiger partial charge is 0.478 e. The van der Waals surface area contributed by atoms with Gasteiger partial charge in [-0.1, -0.05) is 5.16 Å². The molecule has 1 saturated heterocycles. The monoisotopic (exact) mass is 333 g/mol. The number of hydrogen-bond donors (Lipinski definition) is 0. The maximum absolute atomic E-state index is 13.0. The quantitative estimate of drug-likeness (QED) is 0.860. The van der Waals surface area contributed by atoms with Crippen LogP contribution in [0.4, 0.5) is 4.39 Å². The third-order valence-electron chi connectivity index (χ3n) is 4.04. The fourth-order valence-electron chi connectivity index (χ4n) is 2.90. The topological polar surface area (TPSA) is 68.5 Å². The number of nitrogens with zero attached hydrogens (tertiary/aromatic N) is 3. The van der Waals surface area contributed by atoms with Crippen molar-refractivity contribution in [3.05, 3.63) is 41.8 Å². The van der Waals surface area contributed by atoms with Gasteiger partial charge in [-0.2, -0.15) is 4.98 Å². The second-order valence-corrected chi connectivity index (χ2v) is 6.40. The van der Waals surface area contributed by atoms with Gasteiger partial charge in [0.2, 0.25) is 5.89 Å². The minimum absolute atomic E-state index is 0.162. The summed E-state index contributed by atoms with van der Waals surface area (Å²) in [5.74, 6) is 0.934. The molecule has 1 aliphatic heterocycles. The van der Waals surface area contributed by atoms with E-state index in [9.17, 15) is 9.18 Å². The van der Waals surface area contributed by atoms with E-state index in [2.05, 4.69) is 10.1 Å². The molecule has 0 aliphatic carbocycles. The van der Waals surface area contributed by atoms with E-state index in [0.29, 0.717) is 24.0 Å². The number of benzene rings is 1. The molecule has 1 atom stereocenters. The van der Waals surface area contributed by atoms with Gasteiger partial charge >= 0.3 is 0 Å². The molecular formula is C17H20FN3O3. The molecule has 2 heterocycles. The Morgan fingerprint density at radius 1 is 1.38 bits per heavy atom. The molecule has 1 aliphatic rings. The Morgan fingerprint density at radius 2 is 2.08 bits per heavy atom. The molecule has 7 heteroatoms. The fraction of sp³-hybridized carbons (Fsp3) is 0.471. The highest BCUT2D eigenvalue weighted by atomic mass is 19.1. The van der Waals surface area contributed by atoms with Crippen molar-refractivity contribution in [2.45, 2.75) is 45.3 Å². The van der Waals surface area contributed by atoms with Crippen LogP contribution in [0.1, 0.15) is 44.4 Å². The van der Waals surface area contributed by atoms with E-state index in [1.165, 1.54) is 24.3 Å². The standard InChI is InChI=1S/C17H20FN3O3/c1-11-19-15(24-20-11)14-5-4-10-21(14)16(22)17(2,3)23-13-8-6-12(18)7-9-13/h6-9,14H,4-5,10H2,1-3H3/t14-/m0/s1. The molecule has 1 amide bonds. The zero-order valence-electron chi connectivity index (χ0n) is 14.0. The van der Waals surface area contributed by atoms with Crippen LogP contribution in [0.2, 0.25) is 0 Å². The number of amides is 1. The van der Waals surface area contributed by atoms with Crippen molar-refractivity contribution in [3.8, 4) is 5.75 Å². The van der Waals surface area contributed by atoms with Gasteiger partial charge in [-0.3, -0.25) is 4.79 Å². The van der Waals surface area contributed by atoms with Crippen LogP contribution in [0.5, 0.6) is 5.75 Å². The predicted octanol–water partition coefficient (Wildman–Crippen LogP) is 3.04. The number of halogens is 1. The normalized spacial score (nSPS) is 18.0. The number of carbonyl (C=O) groups excluding carboxylic acids is 1. The second kappa shape index (κ2) is 6.22. The Balaban J connectivity index is 1.77. The number of hydrogen-bond acceptors (Lipinski definition) is 5. The first kappa shape index (κ1) is 16.4. The first-order valence-corrected chi connectivity index (χ1v) is 7.93. The van der Waals surface area contributed by atoms with Gasteiger partial charge in [0, 0.05) is 6.54 Å². The van der Waals surface area contributed by atoms with E-state index in [0.717, 1.165) is 12.8 Å². The van der Waals surface area contributed by atoms with Crippen molar-refractivity contribution in [1.82, 2.24) is 15.0 Å². The molecule has 1 fully saturated rings. The number of carbonyl (C=O) groups is 1. The molecule has 0 saturated carbocycles. The summed E-state index contributed by atoms with van der Waals surface area (Å²) in [6.45, 7) is 5.76. The molecular weight excluding hydrogens is 313 g/mol. The Hall–Kier alpha value is -2.44. The van der Waals surface area contributed by atoms with Gasteiger partial charge in [-0.15, -0.1) is 0 Å². The van der Waals surface area contributed by atoms with E-state index in [1.807, 2.05) is 0 Å². The van der Waals surface area contributed by atoms with E-state index in [4.69, 9.17) is 9.26 Å². The van der Waals surface area contributed by atoms with Crippen molar-refractivity contribution >= 4 is 5.91 Å². The van der Waals surface area contributed by atoms with Crippen LogP contribution >= 0.6 is 0 Å². The zero-order valence-corrected chi connectivity index (χ0v) is 14.0. The number of aromatic nitrogens is 2. The van der Waals surface area contributed by atoms with E-state index >= 15 is 0 Å². The Labute approximate surface area is 139 Å². The second-order valence-electron chi connectivity index (χ2n) is 6.40. The van der Waals surface area contributed by atoms with Crippen LogP contribution in [0.15, 0.2) is 28.8 Å². The van der Waals surface area contributed by atoms with Crippen LogP contribution in [0.25, 0.3) is 0 Å². The van der Waals surface area contributed by atoms with E-state index in [-0.39, 0.29) is 17.8 Å². The maximum atomic E-state index is 13.0. The van der Waals surface area contributed by atoms with Crippen LogP contribution in [-0.2, 0) is 4.79 Å². The van der Waals surface area contributed by atoms with Crippen molar-refractivity contribution in [1.29, 1.82) is 0 Å². The molecule has 6 nitrogen and oxygen atoms in total. The summed E-state index contributed by atoms with van der Waals surface area (Å²) in [5, 5.41) is 3.80.